The molecule has 1 unspecified atom stereocenters. The molecule has 0 saturated carbocycles. The molecule has 0 aliphatic heterocycles. The summed E-state index contributed by atoms with van der Waals surface area (Å²) in [5.41, 5.74) is 2.44. The van der Waals surface area contributed by atoms with Gasteiger partial charge in [-0.3, -0.25) is 0 Å². The standard InChI is InChI=1S/C13H17N3/c1-10(14-2)11-4-6-12(7-5-11)13-15-8-9-16(13)3/h4-10,14H,1-3H3. The van der Waals surface area contributed by atoms with Crippen LogP contribution in [0.3, 0.4) is 0 Å². The van der Waals surface area contributed by atoms with Gasteiger partial charge in [0, 0.05) is 31.0 Å². The topological polar surface area (TPSA) is 29.9 Å². The molecular weight excluding hydrogens is 198 g/mol. The van der Waals surface area contributed by atoms with Crippen LogP contribution in [0.1, 0.15) is 18.5 Å². The van der Waals surface area contributed by atoms with E-state index in [0.717, 1.165) is 11.4 Å². The molecule has 3 heteroatoms. The molecule has 16 heavy (non-hydrogen) atoms. The van der Waals surface area contributed by atoms with Crippen molar-refractivity contribution in [2.24, 2.45) is 7.05 Å². The summed E-state index contributed by atoms with van der Waals surface area (Å²) in [6.07, 6.45) is 3.78. The van der Waals surface area contributed by atoms with Crippen LogP contribution in [0.4, 0.5) is 0 Å². The van der Waals surface area contributed by atoms with Crippen LogP contribution >= 0.6 is 0 Å². The maximum Gasteiger partial charge on any atom is 0.139 e. The van der Waals surface area contributed by atoms with Crippen molar-refractivity contribution in [3.63, 3.8) is 0 Å². The van der Waals surface area contributed by atoms with E-state index in [0.29, 0.717) is 6.04 Å². The molecular formula is C13H17N3. The van der Waals surface area contributed by atoms with Crippen molar-refractivity contribution in [1.82, 2.24) is 14.9 Å². The monoisotopic (exact) mass is 215 g/mol. The van der Waals surface area contributed by atoms with E-state index in [1.807, 2.05) is 31.1 Å². The second-order valence-electron chi connectivity index (χ2n) is 3.99. The number of aryl methyl sites for hydroxylation is 1. The molecule has 0 aliphatic rings. The van der Waals surface area contributed by atoms with Crippen molar-refractivity contribution in [1.29, 1.82) is 0 Å². The highest BCUT2D eigenvalue weighted by molar-refractivity contribution is 5.56. The third-order valence-corrected chi connectivity index (χ3v) is 2.92. The molecule has 2 aromatic rings. The van der Waals surface area contributed by atoms with E-state index < -0.39 is 0 Å². The van der Waals surface area contributed by atoms with Crippen molar-refractivity contribution < 1.29 is 0 Å². The van der Waals surface area contributed by atoms with Gasteiger partial charge in [0.05, 0.1) is 0 Å². The predicted octanol–water partition coefficient (Wildman–Crippen LogP) is 2.37. The molecule has 0 amide bonds. The molecule has 0 aliphatic carbocycles. The third kappa shape index (κ3) is 1.99. The van der Waals surface area contributed by atoms with Gasteiger partial charge in [-0.25, -0.2) is 4.98 Å². The number of hydrogen-bond donors (Lipinski definition) is 1. The molecule has 1 atom stereocenters. The number of aromatic nitrogens is 2. The van der Waals surface area contributed by atoms with Gasteiger partial charge in [0.2, 0.25) is 0 Å². The zero-order valence-electron chi connectivity index (χ0n) is 9.94. The quantitative estimate of drug-likeness (QED) is 0.851. The Morgan fingerprint density at radius 1 is 1.25 bits per heavy atom. The van der Waals surface area contributed by atoms with Crippen molar-refractivity contribution in [2.75, 3.05) is 7.05 Å². The minimum atomic E-state index is 0.385. The summed E-state index contributed by atoms with van der Waals surface area (Å²) in [7, 11) is 3.98. The normalized spacial score (nSPS) is 12.7. The molecule has 0 fully saturated rings. The predicted molar refractivity (Wildman–Crippen MR) is 66.1 cm³/mol. The summed E-state index contributed by atoms with van der Waals surface area (Å²) < 4.78 is 2.02. The molecule has 3 nitrogen and oxygen atoms in total. The average Bonchev–Trinajstić information content (AvgIpc) is 2.75. The van der Waals surface area contributed by atoms with Crippen LogP contribution in [0, 0.1) is 0 Å². The summed E-state index contributed by atoms with van der Waals surface area (Å²) in [6, 6.07) is 8.91. The summed E-state index contributed by atoms with van der Waals surface area (Å²) in [6.45, 7) is 2.15. The van der Waals surface area contributed by atoms with Gasteiger partial charge in [-0.2, -0.15) is 0 Å². The van der Waals surface area contributed by atoms with E-state index in [1.165, 1.54) is 5.56 Å². The lowest BCUT2D eigenvalue weighted by Gasteiger charge is -2.11. The van der Waals surface area contributed by atoms with E-state index >= 15 is 0 Å². The van der Waals surface area contributed by atoms with Gasteiger partial charge in [0.15, 0.2) is 0 Å². The van der Waals surface area contributed by atoms with E-state index in [2.05, 4.69) is 41.5 Å². The van der Waals surface area contributed by atoms with Crippen molar-refractivity contribution in [3.05, 3.63) is 42.2 Å². The van der Waals surface area contributed by atoms with Crippen molar-refractivity contribution in [2.45, 2.75) is 13.0 Å². The van der Waals surface area contributed by atoms with E-state index in [4.69, 9.17) is 0 Å². The fourth-order valence-electron chi connectivity index (χ4n) is 1.73. The lowest BCUT2D eigenvalue weighted by atomic mass is 10.1. The number of rotatable bonds is 3. The van der Waals surface area contributed by atoms with E-state index in [1.54, 1.807) is 0 Å². The Bertz CT molecular complexity index is 456. The van der Waals surface area contributed by atoms with Crippen LogP contribution in [-0.2, 0) is 7.05 Å². The number of hydrogen-bond acceptors (Lipinski definition) is 2. The zero-order valence-corrected chi connectivity index (χ0v) is 9.94. The number of imidazole rings is 1. The molecule has 2 rings (SSSR count). The zero-order chi connectivity index (χ0) is 11.5. The molecule has 0 spiro atoms. The Kier molecular flexibility index (Phi) is 3.06. The number of nitrogens with one attached hydrogen (secondary N) is 1. The van der Waals surface area contributed by atoms with E-state index in [-0.39, 0.29) is 0 Å². The van der Waals surface area contributed by atoms with Crippen LogP contribution in [0.25, 0.3) is 11.4 Å². The second kappa shape index (κ2) is 4.49. The summed E-state index contributed by atoms with van der Waals surface area (Å²) >= 11 is 0. The number of nitrogens with zero attached hydrogens (tertiary/aromatic N) is 2. The van der Waals surface area contributed by atoms with E-state index in [9.17, 15) is 0 Å². The molecule has 1 heterocycles. The third-order valence-electron chi connectivity index (χ3n) is 2.92. The lowest BCUT2D eigenvalue weighted by Crippen LogP contribution is -2.11. The van der Waals surface area contributed by atoms with Gasteiger partial charge in [0.25, 0.3) is 0 Å². The second-order valence-corrected chi connectivity index (χ2v) is 3.99. The first-order chi connectivity index (χ1) is 7.72. The first kappa shape index (κ1) is 10.9. The van der Waals surface area contributed by atoms with Gasteiger partial charge in [0.1, 0.15) is 5.82 Å². The summed E-state index contributed by atoms with van der Waals surface area (Å²) in [5, 5.41) is 3.23. The average molecular weight is 215 g/mol. The molecule has 1 aromatic carbocycles. The van der Waals surface area contributed by atoms with Crippen molar-refractivity contribution >= 4 is 0 Å². The van der Waals surface area contributed by atoms with Gasteiger partial charge in [-0.05, 0) is 19.5 Å². The highest BCUT2D eigenvalue weighted by Gasteiger charge is 2.05. The fraction of sp³-hybridized carbons (Fsp3) is 0.308. The van der Waals surface area contributed by atoms with Crippen LogP contribution in [-0.4, -0.2) is 16.6 Å². The first-order valence-corrected chi connectivity index (χ1v) is 5.47. The first-order valence-electron chi connectivity index (χ1n) is 5.47. The van der Waals surface area contributed by atoms with Gasteiger partial charge in [-0.15, -0.1) is 0 Å². The Morgan fingerprint density at radius 3 is 2.44 bits per heavy atom. The summed E-state index contributed by atoms with van der Waals surface area (Å²) in [4.78, 5) is 4.33. The van der Waals surface area contributed by atoms with Crippen LogP contribution in [0.2, 0.25) is 0 Å². The Labute approximate surface area is 96.1 Å². The molecule has 0 saturated heterocycles. The molecule has 0 radical (unpaired) electrons. The fourth-order valence-corrected chi connectivity index (χ4v) is 1.73. The largest absolute Gasteiger partial charge is 0.334 e. The molecule has 84 valence electrons. The highest BCUT2D eigenvalue weighted by Crippen LogP contribution is 2.19. The highest BCUT2D eigenvalue weighted by atomic mass is 15.0. The molecule has 1 N–H and O–H groups in total. The molecule has 1 aromatic heterocycles. The maximum absolute atomic E-state index is 4.33. The van der Waals surface area contributed by atoms with Gasteiger partial charge >= 0.3 is 0 Å². The van der Waals surface area contributed by atoms with Gasteiger partial charge < -0.3 is 9.88 Å². The minimum Gasteiger partial charge on any atom is -0.334 e. The lowest BCUT2D eigenvalue weighted by molar-refractivity contribution is 0.652. The SMILES string of the molecule is CNC(C)c1ccc(-c2nccn2C)cc1. The minimum absolute atomic E-state index is 0.385. The Morgan fingerprint density at radius 2 is 1.94 bits per heavy atom. The van der Waals surface area contributed by atoms with Crippen LogP contribution in [0.15, 0.2) is 36.7 Å². The maximum atomic E-state index is 4.33. The summed E-state index contributed by atoms with van der Waals surface area (Å²) in [5.74, 6) is 1.00. The van der Waals surface area contributed by atoms with Gasteiger partial charge in [-0.1, -0.05) is 24.3 Å². The molecule has 0 bridgehead atoms. The van der Waals surface area contributed by atoms with Crippen molar-refractivity contribution in [3.8, 4) is 11.4 Å². The Balaban J connectivity index is 2.30. The van der Waals surface area contributed by atoms with Crippen LogP contribution < -0.4 is 5.32 Å². The smallest absolute Gasteiger partial charge is 0.139 e. The Hall–Kier alpha value is -1.61. The van der Waals surface area contributed by atoms with Crippen LogP contribution in [0.5, 0.6) is 0 Å². The number of benzene rings is 1.